The maximum absolute atomic E-state index is 13.2. The third kappa shape index (κ3) is 7.64. The molecule has 1 aromatic carbocycles. The van der Waals surface area contributed by atoms with Crippen molar-refractivity contribution < 1.29 is 19.5 Å². The van der Waals surface area contributed by atoms with E-state index in [9.17, 15) is 19.5 Å². The highest BCUT2D eigenvalue weighted by Gasteiger charge is 2.38. The fraction of sp³-hybridized carbons (Fsp3) is 0.640. The van der Waals surface area contributed by atoms with E-state index in [0.717, 1.165) is 37.7 Å². The first-order chi connectivity index (χ1) is 16.8. The van der Waals surface area contributed by atoms with Crippen LogP contribution in [0.1, 0.15) is 51.0 Å². The average molecular weight is 508 g/mol. The monoisotopic (exact) mass is 507 g/mol. The lowest BCUT2D eigenvalue weighted by atomic mass is 9.92. The van der Waals surface area contributed by atoms with E-state index >= 15 is 0 Å². The van der Waals surface area contributed by atoms with Gasteiger partial charge < -0.3 is 21.1 Å². The molecule has 0 spiro atoms. The van der Waals surface area contributed by atoms with Gasteiger partial charge in [0, 0.05) is 36.6 Å². The van der Waals surface area contributed by atoms with Crippen LogP contribution in [0.2, 0.25) is 5.02 Å². The largest absolute Gasteiger partial charge is 0.396 e. The van der Waals surface area contributed by atoms with Crippen molar-refractivity contribution in [2.24, 2.45) is 11.7 Å². The van der Waals surface area contributed by atoms with Crippen LogP contribution in [0, 0.1) is 5.92 Å². The summed E-state index contributed by atoms with van der Waals surface area (Å²) < 4.78 is 0. The minimum Gasteiger partial charge on any atom is -0.396 e. The van der Waals surface area contributed by atoms with Gasteiger partial charge in [0.1, 0.15) is 6.04 Å². The third-order valence-electron chi connectivity index (χ3n) is 6.93. The van der Waals surface area contributed by atoms with E-state index in [1.807, 2.05) is 22.0 Å². The van der Waals surface area contributed by atoms with E-state index in [2.05, 4.69) is 10.7 Å². The first-order valence-electron chi connectivity index (χ1n) is 12.5. The van der Waals surface area contributed by atoms with Crippen molar-refractivity contribution in [3.05, 3.63) is 34.9 Å². The maximum atomic E-state index is 13.2. The minimum absolute atomic E-state index is 0.0200. The summed E-state index contributed by atoms with van der Waals surface area (Å²) in [5, 5.41) is 14.7. The van der Waals surface area contributed by atoms with Crippen LogP contribution < -0.4 is 16.5 Å². The Morgan fingerprint density at radius 1 is 1.14 bits per heavy atom. The number of carbonyl (C=O) groups is 3. The summed E-state index contributed by atoms with van der Waals surface area (Å²) in [5.41, 5.74) is 9.25. The Hall–Kier alpha value is -2.20. The molecule has 3 amide bonds. The Balaban J connectivity index is 1.66. The van der Waals surface area contributed by atoms with E-state index in [1.54, 1.807) is 19.1 Å². The van der Waals surface area contributed by atoms with Gasteiger partial charge in [0.05, 0.1) is 19.1 Å². The molecule has 1 saturated carbocycles. The summed E-state index contributed by atoms with van der Waals surface area (Å²) in [6.45, 7) is 2.47. The number of benzene rings is 1. The van der Waals surface area contributed by atoms with Crippen molar-refractivity contribution in [3.8, 4) is 0 Å². The van der Waals surface area contributed by atoms with Crippen LogP contribution in [-0.4, -0.2) is 77.1 Å². The molecule has 1 aromatic rings. The van der Waals surface area contributed by atoms with Gasteiger partial charge in [-0.2, -0.15) is 0 Å². The van der Waals surface area contributed by atoms with Gasteiger partial charge in [0.15, 0.2) is 0 Å². The molecule has 9 nitrogen and oxygen atoms in total. The van der Waals surface area contributed by atoms with E-state index in [0.29, 0.717) is 24.5 Å². The first kappa shape index (κ1) is 27.4. The second kappa shape index (κ2) is 13.2. The lowest BCUT2D eigenvalue weighted by Crippen LogP contribution is -2.55. The molecule has 0 radical (unpaired) electrons. The minimum atomic E-state index is -0.795. The number of nitrogens with two attached hydrogens (primary N) is 1. The standard InChI is InChI=1S/C25H38ClN5O4/c1-17(16-32)25(35)31(20-5-3-2-4-6-20)21-11-12-30(15-21)29-24(34)22(28-23(33)14-27)13-18-7-9-19(26)10-8-18/h7-10,17,20-22,32H,2-6,11-16,27H2,1H3,(H,28,33)(H,29,34)/t17-,21+,22-/m1/s1. The number of amides is 3. The molecular formula is C25H38ClN5O4. The number of nitrogens with zero attached hydrogens (tertiary/aromatic N) is 2. The van der Waals surface area contributed by atoms with Gasteiger partial charge >= 0.3 is 0 Å². The van der Waals surface area contributed by atoms with Gasteiger partial charge in [-0.1, -0.05) is 49.9 Å². The maximum Gasteiger partial charge on any atom is 0.257 e. The highest BCUT2D eigenvalue weighted by molar-refractivity contribution is 6.30. The number of aliphatic hydroxyl groups excluding tert-OH is 1. The summed E-state index contributed by atoms with van der Waals surface area (Å²) in [6.07, 6.45) is 6.36. The van der Waals surface area contributed by atoms with Crippen molar-refractivity contribution in [3.63, 3.8) is 0 Å². The molecule has 10 heteroatoms. The summed E-state index contributed by atoms with van der Waals surface area (Å²) in [5.74, 6) is -1.21. The molecule has 0 aromatic heterocycles. The van der Waals surface area contributed by atoms with E-state index in [1.165, 1.54) is 6.42 Å². The fourth-order valence-corrected chi connectivity index (χ4v) is 5.10. The van der Waals surface area contributed by atoms with Crippen LogP contribution in [-0.2, 0) is 20.8 Å². The van der Waals surface area contributed by atoms with E-state index < -0.39 is 17.9 Å². The molecule has 0 bridgehead atoms. The molecule has 3 atom stereocenters. The van der Waals surface area contributed by atoms with E-state index in [-0.39, 0.29) is 37.0 Å². The predicted molar refractivity (Wildman–Crippen MR) is 134 cm³/mol. The number of rotatable bonds is 10. The van der Waals surface area contributed by atoms with Gasteiger partial charge in [0.25, 0.3) is 5.91 Å². The first-order valence-corrected chi connectivity index (χ1v) is 12.9. The molecular weight excluding hydrogens is 470 g/mol. The van der Waals surface area contributed by atoms with Crippen LogP contribution >= 0.6 is 11.6 Å². The van der Waals surface area contributed by atoms with Crippen LogP contribution in [0.15, 0.2) is 24.3 Å². The molecule has 1 heterocycles. The van der Waals surface area contributed by atoms with Gasteiger partial charge in [-0.05, 0) is 37.0 Å². The smallest absolute Gasteiger partial charge is 0.257 e. The predicted octanol–water partition coefficient (Wildman–Crippen LogP) is 1.22. The number of carbonyl (C=O) groups excluding carboxylic acids is 3. The zero-order chi connectivity index (χ0) is 25.4. The van der Waals surface area contributed by atoms with Crippen molar-refractivity contribution in [1.29, 1.82) is 0 Å². The molecule has 0 unspecified atom stereocenters. The van der Waals surface area contributed by atoms with Crippen LogP contribution in [0.25, 0.3) is 0 Å². The van der Waals surface area contributed by atoms with Gasteiger partial charge in [0.2, 0.25) is 11.8 Å². The Morgan fingerprint density at radius 2 is 1.83 bits per heavy atom. The number of hydrogen-bond acceptors (Lipinski definition) is 6. The number of nitrogens with one attached hydrogen (secondary N) is 2. The second-order valence-electron chi connectivity index (χ2n) is 9.64. The summed E-state index contributed by atoms with van der Waals surface area (Å²) in [6, 6.07) is 6.47. The van der Waals surface area contributed by atoms with E-state index in [4.69, 9.17) is 17.3 Å². The summed E-state index contributed by atoms with van der Waals surface area (Å²) >= 11 is 5.96. The third-order valence-corrected chi connectivity index (χ3v) is 7.19. The highest BCUT2D eigenvalue weighted by Crippen LogP contribution is 2.28. The number of aliphatic hydroxyl groups is 1. The lowest BCUT2D eigenvalue weighted by Gasteiger charge is -2.40. The Kier molecular flexibility index (Phi) is 10.3. The summed E-state index contributed by atoms with van der Waals surface area (Å²) in [7, 11) is 0. The van der Waals surface area contributed by atoms with Crippen molar-refractivity contribution in [1.82, 2.24) is 20.7 Å². The summed E-state index contributed by atoms with van der Waals surface area (Å²) in [4.78, 5) is 40.3. The van der Waals surface area contributed by atoms with Crippen LogP contribution in [0.3, 0.4) is 0 Å². The second-order valence-corrected chi connectivity index (χ2v) is 10.1. The SMILES string of the molecule is C[C@H](CO)C(=O)N(C1CCCCC1)[C@H]1CCN(NC(=O)[C@@H](Cc2ccc(Cl)cc2)NC(=O)CN)C1. The van der Waals surface area contributed by atoms with Crippen molar-refractivity contribution >= 4 is 29.3 Å². The van der Waals surface area contributed by atoms with Crippen molar-refractivity contribution in [2.75, 3.05) is 26.2 Å². The Labute approximate surface area is 212 Å². The molecule has 5 N–H and O–H groups in total. The van der Waals surface area contributed by atoms with Gasteiger partial charge in [-0.25, -0.2) is 5.01 Å². The molecule has 2 fully saturated rings. The molecule has 2 aliphatic rings. The number of hydrogen-bond donors (Lipinski definition) is 4. The molecule has 1 aliphatic heterocycles. The number of halogens is 1. The molecule has 1 aliphatic carbocycles. The molecule has 194 valence electrons. The fourth-order valence-electron chi connectivity index (χ4n) is 4.97. The molecule has 3 rings (SSSR count). The average Bonchev–Trinajstić information content (AvgIpc) is 3.32. The van der Waals surface area contributed by atoms with Crippen LogP contribution in [0.4, 0.5) is 0 Å². The zero-order valence-corrected chi connectivity index (χ0v) is 21.2. The Bertz CT molecular complexity index is 862. The normalized spacial score (nSPS) is 20.7. The Morgan fingerprint density at radius 3 is 2.46 bits per heavy atom. The highest BCUT2D eigenvalue weighted by atomic mass is 35.5. The lowest BCUT2D eigenvalue weighted by molar-refractivity contribution is -0.142. The van der Waals surface area contributed by atoms with Gasteiger partial charge in [-0.3, -0.25) is 19.8 Å². The number of hydrazine groups is 1. The zero-order valence-electron chi connectivity index (χ0n) is 20.4. The topological polar surface area (TPSA) is 128 Å². The van der Waals surface area contributed by atoms with Gasteiger partial charge in [-0.15, -0.1) is 0 Å². The quantitative estimate of drug-likeness (QED) is 0.377. The molecule has 1 saturated heterocycles. The van der Waals surface area contributed by atoms with Crippen molar-refractivity contribution in [2.45, 2.75) is 70.0 Å². The van der Waals surface area contributed by atoms with Crippen LogP contribution in [0.5, 0.6) is 0 Å². The molecule has 35 heavy (non-hydrogen) atoms.